The third-order valence-electron chi connectivity index (χ3n) is 6.09. The van der Waals surface area contributed by atoms with Crippen molar-refractivity contribution < 1.29 is 15.3 Å². The predicted molar refractivity (Wildman–Crippen MR) is 128 cm³/mol. The van der Waals surface area contributed by atoms with Gasteiger partial charge in [0.1, 0.15) is 11.4 Å². The highest BCUT2D eigenvalue weighted by molar-refractivity contribution is 5.70. The first kappa shape index (κ1) is 21.8. The molecule has 0 aliphatic heterocycles. The van der Waals surface area contributed by atoms with Crippen LogP contribution in [0.4, 0.5) is 0 Å². The van der Waals surface area contributed by atoms with E-state index in [1.807, 2.05) is 97.1 Å². The minimum absolute atomic E-state index is 0.0633. The van der Waals surface area contributed by atoms with Crippen LogP contribution in [-0.4, -0.2) is 21.9 Å². The first-order valence-electron chi connectivity index (χ1n) is 11.0. The van der Waals surface area contributed by atoms with Gasteiger partial charge in [0.25, 0.3) is 0 Å². The lowest BCUT2D eigenvalue weighted by molar-refractivity contribution is 0.0440. The third-order valence-corrected chi connectivity index (χ3v) is 6.09. The van der Waals surface area contributed by atoms with Gasteiger partial charge < -0.3 is 15.3 Å². The van der Waals surface area contributed by atoms with E-state index in [-0.39, 0.29) is 18.3 Å². The van der Waals surface area contributed by atoms with Gasteiger partial charge in [-0.15, -0.1) is 0 Å². The lowest BCUT2D eigenvalue weighted by Gasteiger charge is -2.39. The zero-order chi connectivity index (χ0) is 22.4. The van der Waals surface area contributed by atoms with Crippen LogP contribution in [0.3, 0.4) is 0 Å². The van der Waals surface area contributed by atoms with E-state index in [0.29, 0.717) is 12.8 Å². The average molecular weight is 425 g/mol. The Hall–Kier alpha value is -3.40. The van der Waals surface area contributed by atoms with Crippen molar-refractivity contribution in [3.63, 3.8) is 0 Å². The van der Waals surface area contributed by atoms with Crippen molar-refractivity contribution in [2.75, 3.05) is 6.61 Å². The van der Waals surface area contributed by atoms with E-state index in [2.05, 4.69) is 0 Å². The quantitative estimate of drug-likeness (QED) is 0.332. The standard InChI is InChI=1S/C29H28O3/c30-21-9-16-27(23-10-3-1-4-11-23)29(32,24-12-5-2-6-13-24)28-15-8-7-14-26(28)22-17-19-25(31)20-18-22/h1-8,10-15,17-20,27,30-32H,9,16,21H2. The number of aliphatic hydroxyl groups excluding tert-OH is 1. The minimum atomic E-state index is -1.33. The molecule has 2 unspecified atom stereocenters. The van der Waals surface area contributed by atoms with Crippen molar-refractivity contribution in [3.8, 4) is 16.9 Å². The molecule has 0 spiro atoms. The molecular formula is C29H28O3. The van der Waals surface area contributed by atoms with E-state index in [4.69, 9.17) is 0 Å². The number of rotatable bonds is 8. The Morgan fingerprint density at radius 1 is 0.688 bits per heavy atom. The number of phenolic OH excluding ortho intramolecular Hbond substituents is 1. The van der Waals surface area contributed by atoms with Crippen LogP contribution in [0.5, 0.6) is 5.75 Å². The zero-order valence-electron chi connectivity index (χ0n) is 17.9. The predicted octanol–water partition coefficient (Wildman–Crippen LogP) is 5.85. The molecule has 0 radical (unpaired) electrons. The summed E-state index contributed by atoms with van der Waals surface area (Å²) in [7, 11) is 0. The van der Waals surface area contributed by atoms with Gasteiger partial charge in [0.05, 0.1) is 0 Å². The van der Waals surface area contributed by atoms with Gasteiger partial charge in [0.2, 0.25) is 0 Å². The highest BCUT2D eigenvalue weighted by Crippen LogP contribution is 2.48. The van der Waals surface area contributed by atoms with Crippen molar-refractivity contribution in [1.29, 1.82) is 0 Å². The Labute approximate surface area is 189 Å². The van der Waals surface area contributed by atoms with Gasteiger partial charge in [-0.2, -0.15) is 0 Å². The summed E-state index contributed by atoms with van der Waals surface area (Å²) in [6, 6.07) is 34.7. The number of benzene rings is 4. The molecule has 0 saturated heterocycles. The molecule has 0 amide bonds. The molecule has 0 fully saturated rings. The van der Waals surface area contributed by atoms with Gasteiger partial charge in [-0.25, -0.2) is 0 Å². The summed E-state index contributed by atoms with van der Waals surface area (Å²) in [5.74, 6) is -0.0637. The second kappa shape index (κ2) is 9.82. The molecule has 3 heteroatoms. The van der Waals surface area contributed by atoms with Gasteiger partial charge in [-0.1, -0.05) is 97.1 Å². The van der Waals surface area contributed by atoms with E-state index in [1.54, 1.807) is 12.1 Å². The van der Waals surface area contributed by atoms with Crippen LogP contribution in [0.2, 0.25) is 0 Å². The number of hydrogen-bond donors (Lipinski definition) is 3. The molecular weight excluding hydrogens is 396 g/mol. The first-order chi connectivity index (χ1) is 15.6. The fraction of sp³-hybridized carbons (Fsp3) is 0.172. The second-order valence-electron chi connectivity index (χ2n) is 8.05. The molecule has 32 heavy (non-hydrogen) atoms. The van der Waals surface area contributed by atoms with Crippen LogP contribution in [0.15, 0.2) is 109 Å². The maximum absolute atomic E-state index is 12.7. The minimum Gasteiger partial charge on any atom is -0.508 e. The molecule has 162 valence electrons. The normalized spacial score (nSPS) is 13.9. The van der Waals surface area contributed by atoms with Crippen LogP contribution < -0.4 is 0 Å². The van der Waals surface area contributed by atoms with Crippen LogP contribution in [-0.2, 0) is 5.60 Å². The molecule has 0 heterocycles. The van der Waals surface area contributed by atoms with Gasteiger partial charge in [0.15, 0.2) is 0 Å². The number of aromatic hydroxyl groups is 1. The topological polar surface area (TPSA) is 60.7 Å². The summed E-state index contributed by atoms with van der Waals surface area (Å²) < 4.78 is 0. The lowest BCUT2D eigenvalue weighted by atomic mass is 9.69. The summed E-state index contributed by atoms with van der Waals surface area (Å²) >= 11 is 0. The Kier molecular flexibility index (Phi) is 6.69. The zero-order valence-corrected chi connectivity index (χ0v) is 17.9. The fourth-order valence-electron chi connectivity index (χ4n) is 4.54. The Morgan fingerprint density at radius 2 is 1.28 bits per heavy atom. The van der Waals surface area contributed by atoms with Crippen molar-refractivity contribution in [2.24, 2.45) is 0 Å². The largest absolute Gasteiger partial charge is 0.508 e. The average Bonchev–Trinajstić information content (AvgIpc) is 2.86. The Balaban J connectivity index is 1.97. The Morgan fingerprint density at radius 3 is 1.94 bits per heavy atom. The highest BCUT2D eigenvalue weighted by atomic mass is 16.3. The first-order valence-corrected chi connectivity index (χ1v) is 11.0. The molecule has 4 rings (SSSR count). The van der Waals surface area contributed by atoms with E-state index in [0.717, 1.165) is 27.8 Å². The monoisotopic (exact) mass is 424 g/mol. The molecule has 0 aromatic heterocycles. The highest BCUT2D eigenvalue weighted by Gasteiger charge is 2.42. The molecule has 0 bridgehead atoms. The van der Waals surface area contributed by atoms with Gasteiger partial charge in [-0.05, 0) is 52.8 Å². The van der Waals surface area contributed by atoms with Crippen molar-refractivity contribution in [3.05, 3.63) is 126 Å². The maximum atomic E-state index is 12.7. The lowest BCUT2D eigenvalue weighted by Crippen LogP contribution is -2.36. The van der Waals surface area contributed by atoms with E-state index in [1.165, 1.54) is 0 Å². The summed E-state index contributed by atoms with van der Waals surface area (Å²) in [5.41, 5.74) is 3.12. The molecule has 3 nitrogen and oxygen atoms in total. The molecule has 4 aromatic rings. The molecule has 4 aromatic carbocycles. The van der Waals surface area contributed by atoms with Crippen LogP contribution in [0.1, 0.15) is 35.4 Å². The molecule has 0 aliphatic rings. The summed E-state index contributed by atoms with van der Waals surface area (Å²) in [6.07, 6.45) is 1.20. The van der Waals surface area contributed by atoms with Crippen LogP contribution in [0, 0.1) is 0 Å². The fourth-order valence-corrected chi connectivity index (χ4v) is 4.54. The molecule has 2 atom stereocenters. The van der Waals surface area contributed by atoms with Crippen molar-refractivity contribution in [2.45, 2.75) is 24.4 Å². The van der Waals surface area contributed by atoms with Gasteiger partial charge in [-0.3, -0.25) is 0 Å². The summed E-state index contributed by atoms with van der Waals surface area (Å²) in [4.78, 5) is 0. The third kappa shape index (κ3) is 4.31. The van der Waals surface area contributed by atoms with E-state index in [9.17, 15) is 15.3 Å². The van der Waals surface area contributed by atoms with Gasteiger partial charge in [0, 0.05) is 12.5 Å². The SMILES string of the molecule is OCCCC(c1ccccc1)C(O)(c1ccccc1)c1ccccc1-c1ccc(O)cc1. The molecule has 0 aliphatic carbocycles. The van der Waals surface area contributed by atoms with Crippen LogP contribution >= 0.6 is 0 Å². The van der Waals surface area contributed by atoms with Crippen LogP contribution in [0.25, 0.3) is 11.1 Å². The number of hydrogen-bond acceptors (Lipinski definition) is 3. The summed E-state index contributed by atoms with van der Waals surface area (Å²) in [6.45, 7) is 0.0633. The number of phenols is 1. The molecule has 3 N–H and O–H groups in total. The maximum Gasteiger partial charge on any atom is 0.122 e. The summed E-state index contributed by atoms with van der Waals surface area (Å²) in [5, 5.41) is 32.1. The molecule has 0 saturated carbocycles. The van der Waals surface area contributed by atoms with Crippen molar-refractivity contribution in [1.82, 2.24) is 0 Å². The smallest absolute Gasteiger partial charge is 0.122 e. The van der Waals surface area contributed by atoms with Crippen molar-refractivity contribution >= 4 is 0 Å². The van der Waals surface area contributed by atoms with Gasteiger partial charge >= 0.3 is 0 Å². The van der Waals surface area contributed by atoms with E-state index < -0.39 is 5.60 Å². The Bertz CT molecular complexity index is 1120. The second-order valence-corrected chi connectivity index (χ2v) is 8.05. The number of aliphatic hydroxyl groups is 2. The van der Waals surface area contributed by atoms with E-state index >= 15 is 0 Å².